The number of rotatable bonds is 11. The van der Waals surface area contributed by atoms with E-state index in [-0.39, 0.29) is 31.1 Å². The third-order valence-electron chi connectivity index (χ3n) is 6.58. The Morgan fingerprint density at radius 3 is 2.46 bits per heavy atom. The second-order valence-corrected chi connectivity index (χ2v) is 10.3. The van der Waals surface area contributed by atoms with Gasteiger partial charge >= 0.3 is 0 Å². The van der Waals surface area contributed by atoms with E-state index in [1.165, 1.54) is 0 Å². The third-order valence-corrected chi connectivity index (χ3v) is 7.07. The van der Waals surface area contributed by atoms with Crippen molar-refractivity contribution in [2.24, 2.45) is 0 Å². The van der Waals surface area contributed by atoms with Crippen molar-refractivity contribution in [3.8, 4) is 11.5 Å². The summed E-state index contributed by atoms with van der Waals surface area (Å²) in [5, 5.41) is 3.11. The largest absolute Gasteiger partial charge is 0.454 e. The molecule has 2 amide bonds. The van der Waals surface area contributed by atoms with Crippen molar-refractivity contribution in [1.29, 1.82) is 0 Å². The van der Waals surface area contributed by atoms with Gasteiger partial charge in [0.2, 0.25) is 18.6 Å². The molecule has 7 heteroatoms. The highest BCUT2D eigenvalue weighted by molar-refractivity contribution is 9.10. The second-order valence-electron chi connectivity index (χ2n) is 9.36. The number of halogens is 1. The van der Waals surface area contributed by atoms with Crippen LogP contribution in [0.5, 0.6) is 11.5 Å². The van der Waals surface area contributed by atoms with Crippen LogP contribution in [0.25, 0.3) is 0 Å². The van der Waals surface area contributed by atoms with Crippen LogP contribution in [-0.2, 0) is 29.0 Å². The van der Waals surface area contributed by atoms with Crippen LogP contribution in [0.2, 0.25) is 0 Å². The van der Waals surface area contributed by atoms with Crippen molar-refractivity contribution in [3.63, 3.8) is 0 Å². The summed E-state index contributed by atoms with van der Waals surface area (Å²) in [5.74, 6) is 1.21. The lowest BCUT2D eigenvalue weighted by atomic mass is 10.0. The lowest BCUT2D eigenvalue weighted by Crippen LogP contribution is -2.52. The van der Waals surface area contributed by atoms with E-state index in [2.05, 4.69) is 21.2 Å². The van der Waals surface area contributed by atoms with E-state index in [0.717, 1.165) is 33.3 Å². The first-order valence-electron chi connectivity index (χ1n) is 12.7. The molecule has 0 unspecified atom stereocenters. The molecule has 1 heterocycles. The first-order chi connectivity index (χ1) is 17.9. The number of carbonyl (C=O) groups excluding carboxylic acids is 2. The standard InChI is InChI=1S/C30H33BrN2O4/c1-3-21(2)32-30(35)26(17-22-8-5-4-6-9-22)33(19-24-10-7-11-25(31)16-24)29(34)15-13-23-12-14-27-28(18-23)37-20-36-27/h4-12,14,16,18,21,26H,3,13,15,17,19-20H2,1-2H3,(H,32,35)/t21-,26-/m0/s1. The minimum atomic E-state index is -0.639. The van der Waals surface area contributed by atoms with E-state index in [0.29, 0.717) is 25.1 Å². The van der Waals surface area contributed by atoms with E-state index in [1.807, 2.05) is 86.6 Å². The summed E-state index contributed by atoms with van der Waals surface area (Å²) in [5.41, 5.74) is 2.96. The molecule has 3 aromatic carbocycles. The number of ether oxygens (including phenoxy) is 2. The molecule has 4 rings (SSSR count). The molecule has 194 valence electrons. The number of nitrogens with zero attached hydrogens (tertiary/aromatic N) is 1. The first-order valence-corrected chi connectivity index (χ1v) is 13.5. The smallest absolute Gasteiger partial charge is 0.243 e. The summed E-state index contributed by atoms with van der Waals surface area (Å²) in [4.78, 5) is 29.1. The average molecular weight is 566 g/mol. The number of benzene rings is 3. The van der Waals surface area contributed by atoms with Gasteiger partial charge in [-0.1, -0.05) is 71.4 Å². The van der Waals surface area contributed by atoms with Crippen LogP contribution in [0.15, 0.2) is 77.3 Å². The molecule has 37 heavy (non-hydrogen) atoms. The molecule has 0 aliphatic carbocycles. The van der Waals surface area contributed by atoms with Gasteiger partial charge in [0.05, 0.1) is 0 Å². The Morgan fingerprint density at radius 1 is 0.946 bits per heavy atom. The zero-order chi connectivity index (χ0) is 26.2. The number of hydrogen-bond acceptors (Lipinski definition) is 4. The zero-order valence-corrected chi connectivity index (χ0v) is 22.9. The van der Waals surface area contributed by atoms with E-state index < -0.39 is 6.04 Å². The van der Waals surface area contributed by atoms with Crippen molar-refractivity contribution < 1.29 is 19.1 Å². The maximum absolute atomic E-state index is 13.8. The van der Waals surface area contributed by atoms with Crippen molar-refractivity contribution in [3.05, 3.63) is 94.0 Å². The molecule has 0 radical (unpaired) electrons. The van der Waals surface area contributed by atoms with Crippen molar-refractivity contribution in [1.82, 2.24) is 10.2 Å². The molecule has 1 N–H and O–H groups in total. The van der Waals surface area contributed by atoms with Crippen molar-refractivity contribution in [2.75, 3.05) is 6.79 Å². The fourth-order valence-corrected chi connectivity index (χ4v) is 4.77. The fourth-order valence-electron chi connectivity index (χ4n) is 4.32. The summed E-state index contributed by atoms with van der Waals surface area (Å²) >= 11 is 3.53. The maximum Gasteiger partial charge on any atom is 0.243 e. The number of nitrogens with one attached hydrogen (secondary N) is 1. The molecule has 0 aromatic heterocycles. The summed E-state index contributed by atoms with van der Waals surface area (Å²) in [6, 6.07) is 22.9. The molecule has 0 bridgehead atoms. The van der Waals surface area contributed by atoms with Crippen molar-refractivity contribution >= 4 is 27.7 Å². The molecular weight excluding hydrogens is 532 g/mol. The molecule has 2 atom stereocenters. The van der Waals surface area contributed by atoms with Gasteiger partial charge in [0, 0.05) is 29.9 Å². The van der Waals surface area contributed by atoms with Crippen LogP contribution < -0.4 is 14.8 Å². The monoisotopic (exact) mass is 564 g/mol. The fraction of sp³-hybridized carbons (Fsp3) is 0.333. The van der Waals surface area contributed by atoms with Gasteiger partial charge in [-0.3, -0.25) is 9.59 Å². The van der Waals surface area contributed by atoms with Gasteiger partial charge in [-0.25, -0.2) is 0 Å². The number of fused-ring (bicyclic) bond motifs is 1. The Hall–Kier alpha value is -3.32. The Bertz CT molecular complexity index is 1220. The average Bonchev–Trinajstić information content (AvgIpc) is 3.38. The van der Waals surface area contributed by atoms with Gasteiger partial charge in [-0.05, 0) is 60.7 Å². The summed E-state index contributed by atoms with van der Waals surface area (Å²) in [6.45, 7) is 4.57. The molecule has 0 saturated heterocycles. The molecule has 3 aromatic rings. The number of amides is 2. The lowest BCUT2D eigenvalue weighted by Gasteiger charge is -2.32. The summed E-state index contributed by atoms with van der Waals surface area (Å²) < 4.78 is 11.8. The van der Waals surface area contributed by atoms with Crippen LogP contribution >= 0.6 is 15.9 Å². The minimum absolute atomic E-state index is 0.0160. The van der Waals surface area contributed by atoms with Gasteiger partial charge in [-0.2, -0.15) is 0 Å². The van der Waals surface area contributed by atoms with Crippen LogP contribution in [0.4, 0.5) is 0 Å². The SMILES string of the molecule is CC[C@H](C)NC(=O)[C@H](Cc1ccccc1)N(Cc1cccc(Br)c1)C(=O)CCc1ccc2c(c1)OCO2. The van der Waals surface area contributed by atoms with Crippen molar-refractivity contribution in [2.45, 2.75) is 58.2 Å². The number of carbonyl (C=O) groups is 2. The Morgan fingerprint density at radius 2 is 1.70 bits per heavy atom. The van der Waals surface area contributed by atoms with Gasteiger partial charge < -0.3 is 19.7 Å². The molecule has 0 spiro atoms. The Kier molecular flexibility index (Phi) is 9.23. The van der Waals surface area contributed by atoms with Crippen LogP contribution in [0.3, 0.4) is 0 Å². The van der Waals surface area contributed by atoms with Gasteiger partial charge in [0.25, 0.3) is 0 Å². The number of hydrogen-bond donors (Lipinski definition) is 1. The highest BCUT2D eigenvalue weighted by atomic mass is 79.9. The second kappa shape index (κ2) is 12.8. The summed E-state index contributed by atoms with van der Waals surface area (Å²) in [7, 11) is 0. The maximum atomic E-state index is 13.8. The van der Waals surface area contributed by atoms with Gasteiger partial charge in [-0.15, -0.1) is 0 Å². The minimum Gasteiger partial charge on any atom is -0.454 e. The predicted octanol–water partition coefficient (Wildman–Crippen LogP) is 5.67. The molecule has 0 fully saturated rings. The van der Waals surface area contributed by atoms with Crippen LogP contribution in [0.1, 0.15) is 43.4 Å². The molecule has 1 aliphatic heterocycles. The van der Waals surface area contributed by atoms with Crippen LogP contribution in [-0.4, -0.2) is 35.6 Å². The molecule has 0 saturated carbocycles. The number of aryl methyl sites for hydroxylation is 1. The molecule has 6 nitrogen and oxygen atoms in total. The van der Waals surface area contributed by atoms with Gasteiger partial charge in [0.15, 0.2) is 11.5 Å². The Labute approximate surface area is 227 Å². The van der Waals surface area contributed by atoms with E-state index in [1.54, 1.807) is 4.90 Å². The molecular formula is C30H33BrN2O4. The quantitative estimate of drug-likeness (QED) is 0.326. The first kappa shape index (κ1) is 26.7. The van der Waals surface area contributed by atoms with E-state index >= 15 is 0 Å². The Balaban J connectivity index is 1.60. The predicted molar refractivity (Wildman–Crippen MR) is 147 cm³/mol. The normalized spacial score (nSPS) is 13.6. The van der Waals surface area contributed by atoms with E-state index in [4.69, 9.17) is 9.47 Å². The topological polar surface area (TPSA) is 67.9 Å². The van der Waals surface area contributed by atoms with Crippen LogP contribution in [0, 0.1) is 0 Å². The highest BCUT2D eigenvalue weighted by Gasteiger charge is 2.31. The zero-order valence-electron chi connectivity index (χ0n) is 21.3. The summed E-state index contributed by atoms with van der Waals surface area (Å²) in [6.07, 6.45) is 2.06. The molecule has 1 aliphatic rings. The van der Waals surface area contributed by atoms with Gasteiger partial charge in [0.1, 0.15) is 6.04 Å². The third kappa shape index (κ3) is 7.35. The highest BCUT2D eigenvalue weighted by Crippen LogP contribution is 2.33. The van der Waals surface area contributed by atoms with E-state index in [9.17, 15) is 9.59 Å². The lowest BCUT2D eigenvalue weighted by molar-refractivity contribution is -0.141.